The molecule has 7 heteroatoms. The summed E-state index contributed by atoms with van der Waals surface area (Å²) in [6, 6.07) is 10.3. The van der Waals surface area contributed by atoms with Gasteiger partial charge in [-0.1, -0.05) is 0 Å². The van der Waals surface area contributed by atoms with Gasteiger partial charge in [0.2, 0.25) is 5.56 Å². The molecule has 0 amide bonds. The Kier molecular flexibility index (Phi) is 4.14. The number of halogens is 1. The van der Waals surface area contributed by atoms with Gasteiger partial charge < -0.3 is 19.2 Å². The second kappa shape index (κ2) is 6.14. The SMILES string of the molecule is COc1ccc(-c2nc3c(O)cccn3c2C)c2ccc(=O)[nH]c12.Cl. The van der Waals surface area contributed by atoms with Gasteiger partial charge in [0, 0.05) is 28.9 Å². The fraction of sp³-hybridized carbons (Fsp3) is 0.111. The maximum absolute atomic E-state index is 11.7. The summed E-state index contributed by atoms with van der Waals surface area (Å²) in [5, 5.41) is 10.9. The number of H-pyrrole nitrogens is 1. The number of aromatic nitrogens is 3. The smallest absolute Gasteiger partial charge is 0.248 e. The Hall–Kier alpha value is -2.99. The first kappa shape index (κ1) is 16.9. The van der Waals surface area contributed by atoms with E-state index in [2.05, 4.69) is 9.97 Å². The van der Waals surface area contributed by atoms with Crippen LogP contribution in [-0.4, -0.2) is 26.6 Å². The Balaban J connectivity index is 0.00000182. The van der Waals surface area contributed by atoms with Crippen molar-refractivity contribution in [2.75, 3.05) is 7.11 Å². The van der Waals surface area contributed by atoms with Crippen molar-refractivity contribution in [3.8, 4) is 22.8 Å². The minimum atomic E-state index is -0.192. The molecule has 0 bridgehead atoms. The summed E-state index contributed by atoms with van der Waals surface area (Å²) in [7, 11) is 1.56. The monoisotopic (exact) mass is 357 g/mol. The summed E-state index contributed by atoms with van der Waals surface area (Å²) in [4.78, 5) is 19.1. The molecule has 2 N–H and O–H groups in total. The van der Waals surface area contributed by atoms with Crippen LogP contribution in [0.25, 0.3) is 27.8 Å². The fourth-order valence-electron chi connectivity index (χ4n) is 3.03. The minimum absolute atomic E-state index is 0. The lowest BCUT2D eigenvalue weighted by Gasteiger charge is -2.09. The fourth-order valence-corrected chi connectivity index (χ4v) is 3.03. The van der Waals surface area contributed by atoms with Crippen LogP contribution in [0.4, 0.5) is 0 Å². The minimum Gasteiger partial charge on any atom is -0.504 e. The Morgan fingerprint density at radius 1 is 1.20 bits per heavy atom. The lowest BCUT2D eigenvalue weighted by atomic mass is 10.0. The number of aryl methyl sites for hydroxylation is 1. The molecule has 0 aliphatic heterocycles. The van der Waals surface area contributed by atoms with Gasteiger partial charge in [-0.05, 0) is 37.3 Å². The standard InChI is InChI=1S/C18H15N3O3.ClH/c1-10-16(20-18-13(22)4-3-9-21(10)18)11-5-7-14(24-2)17-12(11)6-8-15(23)19-17;/h3-9,22H,1-2H3,(H,19,23);1H. The molecule has 0 radical (unpaired) electrons. The van der Waals surface area contributed by atoms with Crippen LogP contribution in [0, 0.1) is 6.92 Å². The van der Waals surface area contributed by atoms with E-state index in [4.69, 9.17) is 4.74 Å². The lowest BCUT2D eigenvalue weighted by Crippen LogP contribution is -2.04. The molecule has 0 aliphatic carbocycles. The van der Waals surface area contributed by atoms with E-state index >= 15 is 0 Å². The number of nitrogens with zero attached hydrogens (tertiary/aromatic N) is 2. The predicted octanol–water partition coefficient (Wildman–Crippen LogP) is 3.29. The van der Waals surface area contributed by atoms with Gasteiger partial charge in [-0.25, -0.2) is 4.98 Å². The maximum Gasteiger partial charge on any atom is 0.248 e. The summed E-state index contributed by atoms with van der Waals surface area (Å²) >= 11 is 0. The highest BCUT2D eigenvalue weighted by Crippen LogP contribution is 2.35. The number of aromatic hydroxyl groups is 1. The average molecular weight is 358 g/mol. The van der Waals surface area contributed by atoms with Crippen LogP contribution in [-0.2, 0) is 0 Å². The third-order valence-electron chi connectivity index (χ3n) is 4.20. The van der Waals surface area contributed by atoms with Crippen LogP contribution in [0.15, 0.2) is 47.4 Å². The van der Waals surface area contributed by atoms with Crippen molar-refractivity contribution in [1.29, 1.82) is 0 Å². The highest BCUT2D eigenvalue weighted by Gasteiger charge is 2.16. The van der Waals surface area contributed by atoms with E-state index in [-0.39, 0.29) is 23.7 Å². The number of ether oxygens (including phenoxy) is 1. The molecule has 0 atom stereocenters. The van der Waals surface area contributed by atoms with Gasteiger partial charge in [0.25, 0.3) is 0 Å². The molecule has 3 heterocycles. The Bertz CT molecular complexity index is 1150. The van der Waals surface area contributed by atoms with Gasteiger partial charge in [0.05, 0.1) is 18.3 Å². The average Bonchev–Trinajstić information content (AvgIpc) is 2.92. The number of methoxy groups -OCH3 is 1. The molecule has 1 aromatic carbocycles. The molecular weight excluding hydrogens is 342 g/mol. The quantitative estimate of drug-likeness (QED) is 0.577. The van der Waals surface area contributed by atoms with Crippen LogP contribution in [0.3, 0.4) is 0 Å². The number of hydrogen-bond donors (Lipinski definition) is 2. The number of nitrogens with one attached hydrogen (secondary N) is 1. The van der Waals surface area contributed by atoms with Crippen molar-refractivity contribution in [2.45, 2.75) is 6.92 Å². The first-order valence-electron chi connectivity index (χ1n) is 7.47. The van der Waals surface area contributed by atoms with Gasteiger partial charge in [-0.2, -0.15) is 0 Å². The molecule has 128 valence electrons. The Labute approximate surface area is 149 Å². The number of imidazole rings is 1. The summed E-state index contributed by atoms with van der Waals surface area (Å²) in [6.07, 6.45) is 1.86. The molecular formula is C18H16ClN3O3. The first-order chi connectivity index (χ1) is 11.6. The van der Waals surface area contributed by atoms with Gasteiger partial charge >= 0.3 is 0 Å². The van der Waals surface area contributed by atoms with Gasteiger partial charge in [0.1, 0.15) is 5.75 Å². The van der Waals surface area contributed by atoms with Crippen LogP contribution in [0.5, 0.6) is 11.5 Å². The van der Waals surface area contributed by atoms with Crippen molar-refractivity contribution < 1.29 is 9.84 Å². The lowest BCUT2D eigenvalue weighted by molar-refractivity contribution is 0.419. The van der Waals surface area contributed by atoms with Crippen molar-refractivity contribution >= 4 is 29.0 Å². The summed E-state index contributed by atoms with van der Waals surface area (Å²) in [5.41, 5.74) is 3.45. The van der Waals surface area contributed by atoms with Crippen LogP contribution in [0.2, 0.25) is 0 Å². The number of pyridine rings is 2. The molecule has 3 aromatic heterocycles. The summed E-state index contributed by atoms with van der Waals surface area (Å²) in [6.45, 7) is 1.94. The topological polar surface area (TPSA) is 79.6 Å². The van der Waals surface area contributed by atoms with Crippen molar-refractivity contribution in [1.82, 2.24) is 14.4 Å². The number of hydrogen-bond acceptors (Lipinski definition) is 4. The summed E-state index contributed by atoms with van der Waals surface area (Å²) in [5.74, 6) is 0.716. The normalized spacial score (nSPS) is 10.8. The largest absolute Gasteiger partial charge is 0.504 e. The zero-order chi connectivity index (χ0) is 16.8. The van der Waals surface area contributed by atoms with E-state index in [1.54, 1.807) is 31.4 Å². The number of fused-ring (bicyclic) bond motifs is 2. The molecule has 25 heavy (non-hydrogen) atoms. The van der Waals surface area contributed by atoms with Crippen molar-refractivity contribution in [2.24, 2.45) is 0 Å². The molecule has 4 aromatic rings. The molecule has 0 fully saturated rings. The Morgan fingerprint density at radius 2 is 2.00 bits per heavy atom. The Morgan fingerprint density at radius 3 is 2.72 bits per heavy atom. The molecule has 0 aliphatic rings. The third-order valence-corrected chi connectivity index (χ3v) is 4.20. The van der Waals surface area contributed by atoms with Gasteiger partial charge in [0.15, 0.2) is 11.4 Å². The van der Waals surface area contributed by atoms with E-state index in [0.717, 1.165) is 22.3 Å². The van der Waals surface area contributed by atoms with Crippen molar-refractivity contribution in [3.05, 3.63) is 58.6 Å². The maximum atomic E-state index is 11.7. The zero-order valence-corrected chi connectivity index (χ0v) is 14.4. The zero-order valence-electron chi connectivity index (χ0n) is 13.6. The highest BCUT2D eigenvalue weighted by molar-refractivity contribution is 5.97. The molecule has 0 spiro atoms. The van der Waals surface area contributed by atoms with Crippen molar-refractivity contribution in [3.63, 3.8) is 0 Å². The van der Waals surface area contributed by atoms with E-state index in [1.807, 2.05) is 23.6 Å². The van der Waals surface area contributed by atoms with E-state index in [1.165, 1.54) is 6.07 Å². The first-order valence-corrected chi connectivity index (χ1v) is 7.47. The van der Waals surface area contributed by atoms with E-state index in [0.29, 0.717) is 16.9 Å². The number of rotatable bonds is 2. The molecule has 0 saturated heterocycles. The van der Waals surface area contributed by atoms with Crippen LogP contribution >= 0.6 is 12.4 Å². The van der Waals surface area contributed by atoms with E-state index in [9.17, 15) is 9.90 Å². The molecule has 6 nitrogen and oxygen atoms in total. The molecule has 0 unspecified atom stereocenters. The van der Waals surface area contributed by atoms with Gasteiger partial charge in [-0.3, -0.25) is 4.79 Å². The predicted molar refractivity (Wildman–Crippen MR) is 99.0 cm³/mol. The van der Waals surface area contributed by atoms with Crippen LogP contribution in [0.1, 0.15) is 5.69 Å². The second-order valence-electron chi connectivity index (χ2n) is 5.56. The van der Waals surface area contributed by atoms with E-state index < -0.39 is 0 Å². The summed E-state index contributed by atoms with van der Waals surface area (Å²) < 4.78 is 7.19. The molecule has 0 saturated carbocycles. The number of aromatic amines is 1. The molecule has 4 rings (SSSR count). The van der Waals surface area contributed by atoms with Crippen LogP contribution < -0.4 is 10.3 Å². The highest BCUT2D eigenvalue weighted by atomic mass is 35.5. The number of benzene rings is 1. The third kappa shape index (κ3) is 2.51. The van der Waals surface area contributed by atoms with Gasteiger partial charge in [-0.15, -0.1) is 12.4 Å². The second-order valence-corrected chi connectivity index (χ2v) is 5.56.